The summed E-state index contributed by atoms with van der Waals surface area (Å²) in [5, 5.41) is 0. The molecule has 0 aromatic heterocycles. The number of ether oxygens (including phenoxy) is 1. The van der Waals surface area contributed by atoms with Gasteiger partial charge in [-0.3, -0.25) is 4.79 Å². The molecule has 0 radical (unpaired) electrons. The third-order valence-electron chi connectivity index (χ3n) is 3.47. The van der Waals surface area contributed by atoms with Gasteiger partial charge in [0, 0.05) is 20.2 Å². The van der Waals surface area contributed by atoms with Crippen molar-refractivity contribution in [1.82, 2.24) is 4.90 Å². The maximum atomic E-state index is 11.9. The molecule has 1 rings (SSSR count). The van der Waals surface area contributed by atoms with Gasteiger partial charge >= 0.3 is 0 Å². The van der Waals surface area contributed by atoms with Crippen LogP contribution in [0.2, 0.25) is 0 Å². The molecule has 88 valence electrons. The van der Waals surface area contributed by atoms with Crippen LogP contribution in [0.15, 0.2) is 0 Å². The normalized spacial score (nSPS) is 27.7. The van der Waals surface area contributed by atoms with Crippen molar-refractivity contribution in [3.8, 4) is 0 Å². The molecular weight excluding hydrogens is 192 g/mol. The third kappa shape index (κ3) is 2.69. The molecular formula is C11H22N2O2. The Morgan fingerprint density at radius 2 is 2.27 bits per heavy atom. The molecule has 0 aromatic carbocycles. The van der Waals surface area contributed by atoms with Crippen LogP contribution in [0.3, 0.4) is 0 Å². The summed E-state index contributed by atoms with van der Waals surface area (Å²) < 4.78 is 5.04. The lowest BCUT2D eigenvalue weighted by Gasteiger charge is -2.30. The first-order chi connectivity index (χ1) is 7.11. The second-order valence-electron chi connectivity index (χ2n) is 4.32. The molecule has 4 heteroatoms. The van der Waals surface area contributed by atoms with E-state index in [0.717, 1.165) is 12.8 Å². The Bertz CT molecular complexity index is 221. The molecule has 0 saturated heterocycles. The van der Waals surface area contributed by atoms with Crippen LogP contribution in [0.25, 0.3) is 0 Å². The number of carbonyl (C=O) groups is 1. The van der Waals surface area contributed by atoms with E-state index >= 15 is 0 Å². The number of methoxy groups -OCH3 is 1. The molecule has 2 N–H and O–H groups in total. The number of nitrogens with two attached hydrogens (primary N) is 1. The summed E-state index contributed by atoms with van der Waals surface area (Å²) >= 11 is 0. The molecule has 0 heterocycles. The fourth-order valence-electron chi connectivity index (χ4n) is 2.35. The summed E-state index contributed by atoms with van der Waals surface area (Å²) in [6.45, 7) is 2.45. The van der Waals surface area contributed by atoms with E-state index in [9.17, 15) is 4.79 Å². The second kappa shape index (κ2) is 5.47. The number of hydrogen-bond acceptors (Lipinski definition) is 3. The smallest absolute Gasteiger partial charge is 0.251 e. The Hall–Kier alpha value is -0.610. The fraction of sp³-hybridized carbons (Fsp3) is 0.909. The Morgan fingerprint density at radius 3 is 2.80 bits per heavy atom. The van der Waals surface area contributed by atoms with Crippen molar-refractivity contribution in [2.45, 2.75) is 38.3 Å². The summed E-state index contributed by atoms with van der Waals surface area (Å²) in [5.41, 5.74) is 5.70. The van der Waals surface area contributed by atoms with E-state index in [-0.39, 0.29) is 12.0 Å². The number of amides is 1. The van der Waals surface area contributed by atoms with Gasteiger partial charge in [0.25, 0.3) is 5.91 Å². The van der Waals surface area contributed by atoms with Crippen molar-refractivity contribution in [1.29, 1.82) is 0 Å². The molecule has 3 atom stereocenters. The number of likely N-dealkylation sites (N-methyl/N-ethyl adjacent to an activating group) is 1. The molecule has 15 heavy (non-hydrogen) atoms. The van der Waals surface area contributed by atoms with Gasteiger partial charge in [-0.1, -0.05) is 6.42 Å². The summed E-state index contributed by atoms with van der Waals surface area (Å²) in [7, 11) is 3.42. The van der Waals surface area contributed by atoms with E-state index in [1.165, 1.54) is 6.42 Å². The van der Waals surface area contributed by atoms with E-state index in [2.05, 4.69) is 0 Å². The molecule has 4 nitrogen and oxygen atoms in total. The van der Waals surface area contributed by atoms with Crippen molar-refractivity contribution < 1.29 is 9.53 Å². The second-order valence-corrected chi connectivity index (χ2v) is 4.32. The molecule has 0 aliphatic heterocycles. The summed E-state index contributed by atoms with van der Waals surface area (Å²) in [5.74, 6) is 0.519. The fourth-order valence-corrected chi connectivity index (χ4v) is 2.35. The Kier molecular flexibility index (Phi) is 4.54. The third-order valence-corrected chi connectivity index (χ3v) is 3.47. The van der Waals surface area contributed by atoms with Crippen LogP contribution in [0, 0.1) is 5.92 Å². The predicted molar refractivity (Wildman–Crippen MR) is 59.4 cm³/mol. The zero-order chi connectivity index (χ0) is 11.4. The topological polar surface area (TPSA) is 55.6 Å². The molecule has 0 aromatic rings. The predicted octanol–water partition coefficient (Wildman–Crippen LogP) is 0.607. The van der Waals surface area contributed by atoms with Crippen molar-refractivity contribution in [3.63, 3.8) is 0 Å². The monoisotopic (exact) mass is 214 g/mol. The first kappa shape index (κ1) is 12.5. The van der Waals surface area contributed by atoms with Gasteiger partial charge in [-0.05, 0) is 32.2 Å². The highest BCUT2D eigenvalue weighted by molar-refractivity contribution is 5.80. The van der Waals surface area contributed by atoms with Gasteiger partial charge in [0.05, 0.1) is 0 Å². The zero-order valence-corrected chi connectivity index (χ0v) is 9.90. The lowest BCUT2D eigenvalue weighted by atomic mass is 10.0. The number of carbonyl (C=O) groups excluding carboxylic acids is 1. The van der Waals surface area contributed by atoms with Gasteiger partial charge in [0.1, 0.15) is 6.10 Å². The van der Waals surface area contributed by atoms with Gasteiger partial charge < -0.3 is 15.4 Å². The maximum absolute atomic E-state index is 11.9. The van der Waals surface area contributed by atoms with Gasteiger partial charge in [-0.25, -0.2) is 0 Å². The summed E-state index contributed by atoms with van der Waals surface area (Å²) in [6, 6.07) is 0.306. The van der Waals surface area contributed by atoms with E-state index in [1.807, 2.05) is 11.9 Å². The molecule has 0 spiro atoms. The minimum absolute atomic E-state index is 0.0582. The van der Waals surface area contributed by atoms with Crippen LogP contribution >= 0.6 is 0 Å². The highest BCUT2D eigenvalue weighted by Gasteiger charge is 2.33. The minimum atomic E-state index is -0.353. The number of nitrogens with zero attached hydrogens (tertiary/aromatic N) is 1. The maximum Gasteiger partial charge on any atom is 0.251 e. The molecule has 0 bridgehead atoms. The van der Waals surface area contributed by atoms with Gasteiger partial charge in [0.15, 0.2) is 0 Å². The van der Waals surface area contributed by atoms with Crippen LogP contribution in [0.4, 0.5) is 0 Å². The SMILES string of the molecule is COC(C)C(=O)N(C)C1CCCC1CN. The van der Waals surface area contributed by atoms with Crippen molar-refractivity contribution >= 4 is 5.91 Å². The average Bonchev–Trinajstić information content (AvgIpc) is 2.73. The standard InChI is InChI=1S/C11H22N2O2/c1-8(15-3)11(14)13(2)10-6-4-5-9(10)7-12/h8-10H,4-7,12H2,1-3H3. The Morgan fingerprint density at radius 1 is 1.60 bits per heavy atom. The highest BCUT2D eigenvalue weighted by atomic mass is 16.5. The van der Waals surface area contributed by atoms with E-state index in [1.54, 1.807) is 14.0 Å². The quantitative estimate of drug-likeness (QED) is 0.746. The molecule has 3 unspecified atom stereocenters. The molecule has 1 aliphatic carbocycles. The molecule has 1 amide bonds. The van der Waals surface area contributed by atoms with Gasteiger partial charge in [0.2, 0.25) is 0 Å². The zero-order valence-electron chi connectivity index (χ0n) is 9.90. The van der Waals surface area contributed by atoms with Crippen LogP contribution in [-0.4, -0.2) is 43.7 Å². The number of rotatable bonds is 4. The van der Waals surface area contributed by atoms with Crippen molar-refractivity contribution in [2.24, 2.45) is 11.7 Å². The summed E-state index contributed by atoms with van der Waals surface area (Å²) in [4.78, 5) is 13.7. The molecule has 1 fully saturated rings. The van der Waals surface area contributed by atoms with Gasteiger partial charge in [-0.2, -0.15) is 0 Å². The molecule has 1 saturated carbocycles. The van der Waals surface area contributed by atoms with E-state index < -0.39 is 0 Å². The van der Waals surface area contributed by atoms with E-state index in [0.29, 0.717) is 18.5 Å². The lowest BCUT2D eigenvalue weighted by Crippen LogP contribution is -2.45. The summed E-state index contributed by atoms with van der Waals surface area (Å²) in [6.07, 6.45) is 3.03. The minimum Gasteiger partial charge on any atom is -0.372 e. The first-order valence-corrected chi connectivity index (χ1v) is 5.61. The number of hydrogen-bond donors (Lipinski definition) is 1. The van der Waals surface area contributed by atoms with Crippen LogP contribution in [0.1, 0.15) is 26.2 Å². The Labute approximate surface area is 91.8 Å². The lowest BCUT2D eigenvalue weighted by molar-refractivity contribution is -0.142. The molecule has 1 aliphatic rings. The largest absolute Gasteiger partial charge is 0.372 e. The van der Waals surface area contributed by atoms with E-state index in [4.69, 9.17) is 10.5 Å². The van der Waals surface area contributed by atoms with Crippen LogP contribution < -0.4 is 5.73 Å². The van der Waals surface area contributed by atoms with Gasteiger partial charge in [-0.15, -0.1) is 0 Å². The highest BCUT2D eigenvalue weighted by Crippen LogP contribution is 2.28. The van der Waals surface area contributed by atoms with Crippen molar-refractivity contribution in [2.75, 3.05) is 20.7 Å². The van der Waals surface area contributed by atoms with Crippen LogP contribution in [0.5, 0.6) is 0 Å². The average molecular weight is 214 g/mol. The first-order valence-electron chi connectivity index (χ1n) is 5.61. The van der Waals surface area contributed by atoms with Crippen LogP contribution in [-0.2, 0) is 9.53 Å². The van der Waals surface area contributed by atoms with Crippen molar-refractivity contribution in [3.05, 3.63) is 0 Å². The Balaban J connectivity index is 2.58.